The first-order valence-corrected chi connectivity index (χ1v) is 6.44. The molecule has 1 heterocycles. The molecule has 0 aromatic heterocycles. The molecule has 15 heavy (non-hydrogen) atoms. The highest BCUT2D eigenvalue weighted by atomic mass is 79.9. The normalized spacial score (nSPS) is 21.3. The van der Waals surface area contributed by atoms with E-state index in [0.29, 0.717) is 0 Å². The summed E-state index contributed by atoms with van der Waals surface area (Å²) in [6.45, 7) is 0.822. The van der Waals surface area contributed by atoms with Crippen molar-refractivity contribution in [3.8, 4) is 5.75 Å². The van der Waals surface area contributed by atoms with E-state index in [9.17, 15) is 0 Å². The number of benzene rings is 1. The monoisotopic (exact) mass is 270 g/mol. The minimum atomic E-state index is -0.0516. The van der Waals surface area contributed by atoms with Gasteiger partial charge in [-0.25, -0.2) is 0 Å². The molecule has 1 saturated heterocycles. The minimum Gasteiger partial charge on any atom is -0.465 e. The Kier molecular flexibility index (Phi) is 4.03. The molecule has 0 aliphatic carbocycles. The number of halogens is 1. The van der Waals surface area contributed by atoms with E-state index in [4.69, 9.17) is 9.47 Å². The summed E-state index contributed by atoms with van der Waals surface area (Å²) in [5.74, 6) is 0.902. The zero-order valence-electron chi connectivity index (χ0n) is 8.62. The highest BCUT2D eigenvalue weighted by Gasteiger charge is 2.14. The molecule has 0 unspecified atom stereocenters. The number of hydrogen-bond acceptors (Lipinski definition) is 2. The Labute approximate surface area is 98.7 Å². The smallest absolute Gasteiger partial charge is 0.199 e. The number of hydrogen-bond donors (Lipinski definition) is 0. The van der Waals surface area contributed by atoms with Gasteiger partial charge >= 0.3 is 0 Å². The van der Waals surface area contributed by atoms with Gasteiger partial charge in [0.05, 0.1) is 6.61 Å². The van der Waals surface area contributed by atoms with Crippen molar-refractivity contribution in [3.63, 3.8) is 0 Å². The summed E-state index contributed by atoms with van der Waals surface area (Å²) in [5.41, 5.74) is 1.23. The molecule has 1 aliphatic rings. The van der Waals surface area contributed by atoms with Gasteiger partial charge in [-0.05, 0) is 30.5 Å². The Hall–Kier alpha value is -0.540. The van der Waals surface area contributed by atoms with Crippen LogP contribution in [-0.4, -0.2) is 12.9 Å². The zero-order chi connectivity index (χ0) is 10.5. The van der Waals surface area contributed by atoms with E-state index in [2.05, 4.69) is 22.0 Å². The van der Waals surface area contributed by atoms with Gasteiger partial charge in [0.2, 0.25) is 0 Å². The van der Waals surface area contributed by atoms with Crippen molar-refractivity contribution in [1.29, 1.82) is 0 Å². The molecule has 0 saturated carbocycles. The second kappa shape index (κ2) is 5.52. The van der Waals surface area contributed by atoms with Crippen molar-refractivity contribution >= 4 is 15.9 Å². The molecule has 1 aromatic carbocycles. The van der Waals surface area contributed by atoms with Crippen LogP contribution in [0, 0.1) is 0 Å². The molecule has 82 valence electrons. The van der Waals surface area contributed by atoms with Crippen LogP contribution < -0.4 is 4.74 Å². The van der Waals surface area contributed by atoms with Crippen molar-refractivity contribution in [2.45, 2.75) is 30.9 Å². The van der Waals surface area contributed by atoms with Crippen LogP contribution >= 0.6 is 15.9 Å². The first-order chi connectivity index (χ1) is 7.38. The SMILES string of the molecule is BrCc1cccc(O[C@@H]2CCCCO2)c1. The van der Waals surface area contributed by atoms with Crippen LogP contribution in [0.25, 0.3) is 0 Å². The third kappa shape index (κ3) is 3.21. The van der Waals surface area contributed by atoms with Crippen LogP contribution in [0.15, 0.2) is 24.3 Å². The molecular weight excluding hydrogens is 256 g/mol. The largest absolute Gasteiger partial charge is 0.465 e. The maximum atomic E-state index is 5.75. The second-order valence-corrected chi connectivity index (χ2v) is 4.26. The molecule has 3 heteroatoms. The van der Waals surface area contributed by atoms with Crippen molar-refractivity contribution in [1.82, 2.24) is 0 Å². The van der Waals surface area contributed by atoms with Gasteiger partial charge in [0, 0.05) is 11.8 Å². The lowest BCUT2D eigenvalue weighted by atomic mass is 10.2. The molecular formula is C12H15BrO2. The quantitative estimate of drug-likeness (QED) is 0.783. The highest BCUT2D eigenvalue weighted by molar-refractivity contribution is 9.08. The van der Waals surface area contributed by atoms with Gasteiger partial charge in [0.15, 0.2) is 6.29 Å². The van der Waals surface area contributed by atoms with Gasteiger partial charge in [-0.2, -0.15) is 0 Å². The van der Waals surface area contributed by atoms with Crippen LogP contribution in [0.5, 0.6) is 5.75 Å². The molecule has 1 aliphatic heterocycles. The van der Waals surface area contributed by atoms with E-state index < -0.39 is 0 Å². The molecule has 2 rings (SSSR count). The lowest BCUT2D eigenvalue weighted by Gasteiger charge is -2.23. The zero-order valence-corrected chi connectivity index (χ0v) is 10.2. The van der Waals surface area contributed by atoms with E-state index in [1.807, 2.05) is 18.2 Å². The third-order valence-electron chi connectivity index (χ3n) is 2.46. The maximum Gasteiger partial charge on any atom is 0.199 e. The summed E-state index contributed by atoms with van der Waals surface area (Å²) in [6, 6.07) is 8.11. The van der Waals surface area contributed by atoms with E-state index in [0.717, 1.165) is 30.5 Å². The summed E-state index contributed by atoms with van der Waals surface area (Å²) in [5, 5.41) is 0.857. The van der Waals surface area contributed by atoms with Gasteiger partial charge in [0.1, 0.15) is 5.75 Å². The van der Waals surface area contributed by atoms with Crippen LogP contribution in [0.2, 0.25) is 0 Å². The summed E-state index contributed by atoms with van der Waals surface area (Å²) < 4.78 is 11.3. The molecule has 1 fully saturated rings. The fourth-order valence-electron chi connectivity index (χ4n) is 1.66. The van der Waals surface area contributed by atoms with Crippen molar-refractivity contribution in [3.05, 3.63) is 29.8 Å². The summed E-state index contributed by atoms with van der Waals surface area (Å²) >= 11 is 3.43. The summed E-state index contributed by atoms with van der Waals surface area (Å²) in [7, 11) is 0. The molecule has 0 spiro atoms. The van der Waals surface area contributed by atoms with Crippen LogP contribution in [-0.2, 0) is 10.1 Å². The second-order valence-electron chi connectivity index (χ2n) is 3.70. The molecule has 0 amide bonds. The highest BCUT2D eigenvalue weighted by Crippen LogP contribution is 2.20. The Bertz CT molecular complexity index is 308. The summed E-state index contributed by atoms with van der Waals surface area (Å²) in [6.07, 6.45) is 3.30. The first-order valence-electron chi connectivity index (χ1n) is 5.31. The Morgan fingerprint density at radius 1 is 1.40 bits per heavy atom. The van der Waals surface area contributed by atoms with Crippen molar-refractivity contribution in [2.75, 3.05) is 6.61 Å². The molecule has 0 radical (unpaired) electrons. The van der Waals surface area contributed by atoms with Gasteiger partial charge in [0.25, 0.3) is 0 Å². The Morgan fingerprint density at radius 3 is 3.07 bits per heavy atom. The van der Waals surface area contributed by atoms with Crippen LogP contribution in [0.1, 0.15) is 24.8 Å². The molecule has 2 nitrogen and oxygen atoms in total. The Morgan fingerprint density at radius 2 is 2.33 bits per heavy atom. The topological polar surface area (TPSA) is 18.5 Å². The first kappa shape index (κ1) is 11.0. The summed E-state index contributed by atoms with van der Waals surface area (Å²) in [4.78, 5) is 0. The lowest BCUT2D eigenvalue weighted by molar-refractivity contribution is -0.105. The predicted octanol–water partition coefficient (Wildman–Crippen LogP) is 3.49. The maximum absolute atomic E-state index is 5.75. The van der Waals surface area contributed by atoms with Gasteiger partial charge in [-0.3, -0.25) is 0 Å². The van der Waals surface area contributed by atoms with Gasteiger partial charge in [-0.1, -0.05) is 28.1 Å². The van der Waals surface area contributed by atoms with Crippen molar-refractivity contribution in [2.24, 2.45) is 0 Å². The molecule has 0 N–H and O–H groups in total. The van der Waals surface area contributed by atoms with Gasteiger partial charge in [-0.15, -0.1) is 0 Å². The van der Waals surface area contributed by atoms with Crippen LogP contribution in [0.4, 0.5) is 0 Å². The number of ether oxygens (including phenoxy) is 2. The average molecular weight is 271 g/mol. The van der Waals surface area contributed by atoms with Crippen molar-refractivity contribution < 1.29 is 9.47 Å². The van der Waals surface area contributed by atoms with Crippen LogP contribution in [0.3, 0.4) is 0 Å². The van der Waals surface area contributed by atoms with Gasteiger partial charge < -0.3 is 9.47 Å². The van der Waals surface area contributed by atoms with E-state index >= 15 is 0 Å². The molecule has 1 atom stereocenters. The standard InChI is InChI=1S/C12H15BrO2/c13-9-10-4-3-5-11(8-10)15-12-6-1-2-7-14-12/h3-5,8,12H,1-2,6-7,9H2/t12-/m1/s1. The number of rotatable bonds is 3. The van der Waals surface area contributed by atoms with E-state index in [1.165, 1.54) is 12.0 Å². The minimum absolute atomic E-state index is 0.0516. The fraction of sp³-hybridized carbons (Fsp3) is 0.500. The van der Waals surface area contributed by atoms with E-state index in [-0.39, 0.29) is 6.29 Å². The number of alkyl halides is 1. The molecule has 1 aromatic rings. The fourth-order valence-corrected chi connectivity index (χ4v) is 2.01. The average Bonchev–Trinajstić information content (AvgIpc) is 2.31. The Balaban J connectivity index is 1.96. The molecule has 0 bridgehead atoms. The predicted molar refractivity (Wildman–Crippen MR) is 63.3 cm³/mol. The lowest BCUT2D eigenvalue weighted by Crippen LogP contribution is -2.24. The third-order valence-corrected chi connectivity index (χ3v) is 3.11. The van der Waals surface area contributed by atoms with E-state index in [1.54, 1.807) is 0 Å².